The number of hydrogen-bond acceptors (Lipinski definition) is 2. The van der Waals surface area contributed by atoms with E-state index in [9.17, 15) is 0 Å². The van der Waals surface area contributed by atoms with Gasteiger partial charge >= 0.3 is 0 Å². The smallest absolute Gasteiger partial charge is 0.0342 e. The summed E-state index contributed by atoms with van der Waals surface area (Å²) in [6.45, 7) is 13.2. The Kier molecular flexibility index (Phi) is 3.80. The lowest BCUT2D eigenvalue weighted by molar-refractivity contribution is 0.363. The van der Waals surface area contributed by atoms with E-state index in [4.69, 9.17) is 0 Å². The summed E-state index contributed by atoms with van der Waals surface area (Å²) in [5.41, 5.74) is 1.61. The van der Waals surface area contributed by atoms with Crippen LogP contribution in [0.2, 0.25) is 0 Å². The maximum Gasteiger partial charge on any atom is 0.0342 e. The molecule has 0 aromatic carbocycles. The Hall–Kier alpha value is 0.440. The molecule has 0 rings (SSSR count). The highest BCUT2D eigenvalue weighted by molar-refractivity contribution is 8.05. The van der Waals surface area contributed by atoms with Crippen LogP contribution in [0.1, 0.15) is 41.5 Å². The number of allylic oxidation sites excluding steroid dienone is 1. The monoisotopic (exact) mass is 204 g/mol. The first kappa shape index (κ1) is 12.4. The van der Waals surface area contributed by atoms with E-state index in [2.05, 4.69) is 66.8 Å². The highest BCUT2D eigenvalue weighted by atomic mass is 32.2. The molecule has 72 valence electrons. The molecule has 0 aromatic rings. The summed E-state index contributed by atoms with van der Waals surface area (Å²) < 4.78 is 0.856. The molecule has 12 heavy (non-hydrogen) atoms. The summed E-state index contributed by atoms with van der Waals surface area (Å²) in [6, 6.07) is 0. The molecule has 0 saturated heterocycles. The van der Waals surface area contributed by atoms with Gasteiger partial charge in [-0.1, -0.05) is 41.5 Å². The van der Waals surface area contributed by atoms with Gasteiger partial charge in [-0.3, -0.25) is 0 Å². The molecule has 0 saturated carbocycles. The molecule has 0 heterocycles. The van der Waals surface area contributed by atoms with Gasteiger partial charge in [0.05, 0.1) is 0 Å². The zero-order valence-electron chi connectivity index (χ0n) is 8.89. The van der Waals surface area contributed by atoms with Crippen molar-refractivity contribution < 1.29 is 0 Å². The van der Waals surface area contributed by atoms with Crippen LogP contribution < -0.4 is 0 Å². The van der Waals surface area contributed by atoms with Crippen molar-refractivity contribution in [2.24, 2.45) is 10.8 Å². The Morgan fingerprint density at radius 1 is 0.750 bits per heavy atom. The van der Waals surface area contributed by atoms with Gasteiger partial charge in [0, 0.05) is 4.24 Å². The van der Waals surface area contributed by atoms with Gasteiger partial charge in [-0.2, -0.15) is 0 Å². The number of thiol groups is 2. The Balaban J connectivity index is 5.13. The molecule has 0 atom stereocenters. The van der Waals surface area contributed by atoms with Crippen LogP contribution in [0, 0.1) is 10.8 Å². The minimum absolute atomic E-state index is 0.150. The van der Waals surface area contributed by atoms with Gasteiger partial charge in [0.2, 0.25) is 0 Å². The second-order valence-electron chi connectivity index (χ2n) is 5.20. The zero-order valence-corrected chi connectivity index (χ0v) is 10.7. The van der Waals surface area contributed by atoms with Gasteiger partial charge in [0.1, 0.15) is 0 Å². The topological polar surface area (TPSA) is 0 Å². The lowest BCUT2D eigenvalue weighted by Gasteiger charge is -2.34. The van der Waals surface area contributed by atoms with Crippen LogP contribution in [0.15, 0.2) is 9.81 Å². The van der Waals surface area contributed by atoms with Crippen LogP contribution in [0.5, 0.6) is 0 Å². The van der Waals surface area contributed by atoms with E-state index in [0.29, 0.717) is 0 Å². The van der Waals surface area contributed by atoms with E-state index in [1.807, 2.05) is 0 Å². The number of hydrogen-bond donors (Lipinski definition) is 2. The average molecular weight is 204 g/mol. The van der Waals surface area contributed by atoms with Crippen molar-refractivity contribution in [1.29, 1.82) is 0 Å². The summed E-state index contributed by atoms with van der Waals surface area (Å²) in [4.78, 5) is 0. The Labute approximate surface area is 87.6 Å². The molecule has 0 nitrogen and oxygen atoms in total. The van der Waals surface area contributed by atoms with Gasteiger partial charge in [-0.15, -0.1) is 25.3 Å². The molecule has 0 aliphatic rings. The van der Waals surface area contributed by atoms with E-state index >= 15 is 0 Å². The van der Waals surface area contributed by atoms with Crippen molar-refractivity contribution in [3.63, 3.8) is 0 Å². The molecule has 0 fully saturated rings. The van der Waals surface area contributed by atoms with E-state index in [0.717, 1.165) is 4.24 Å². The molecule has 0 aromatic heterocycles. The molecule has 0 aliphatic heterocycles. The van der Waals surface area contributed by atoms with Crippen molar-refractivity contribution in [3.8, 4) is 0 Å². The van der Waals surface area contributed by atoms with Crippen molar-refractivity contribution in [2.45, 2.75) is 41.5 Å². The first-order chi connectivity index (χ1) is 5.07. The first-order valence-electron chi connectivity index (χ1n) is 4.20. The van der Waals surface area contributed by atoms with Crippen molar-refractivity contribution in [1.82, 2.24) is 0 Å². The van der Waals surface area contributed by atoms with Crippen molar-refractivity contribution in [2.75, 3.05) is 0 Å². The van der Waals surface area contributed by atoms with Gasteiger partial charge in [-0.05, 0) is 16.4 Å². The zero-order chi connectivity index (χ0) is 10.2. The third-order valence-electron chi connectivity index (χ3n) is 1.72. The van der Waals surface area contributed by atoms with E-state index in [-0.39, 0.29) is 10.8 Å². The summed E-state index contributed by atoms with van der Waals surface area (Å²) in [6.07, 6.45) is 0. The molecule has 0 aliphatic carbocycles. The predicted octanol–water partition coefficient (Wildman–Crippen LogP) is 4.15. The van der Waals surface area contributed by atoms with Crippen LogP contribution in [0.4, 0.5) is 0 Å². The van der Waals surface area contributed by atoms with Crippen LogP contribution in [-0.4, -0.2) is 0 Å². The fourth-order valence-electron chi connectivity index (χ4n) is 1.80. The standard InChI is InChI=1S/C10H20S2/c1-9(2,3)7(8(11)12)10(4,5)6/h11-12H,1-6H3. The predicted molar refractivity (Wildman–Crippen MR) is 63.9 cm³/mol. The molecule has 0 unspecified atom stereocenters. The molecule has 0 spiro atoms. The molecule has 0 radical (unpaired) electrons. The fourth-order valence-corrected chi connectivity index (χ4v) is 3.14. The maximum atomic E-state index is 4.32. The van der Waals surface area contributed by atoms with Crippen LogP contribution >= 0.6 is 25.3 Å². The third kappa shape index (κ3) is 3.44. The summed E-state index contributed by atoms with van der Waals surface area (Å²) in [7, 11) is 0. The Bertz CT molecular complexity index is 169. The molecule has 2 heteroatoms. The van der Waals surface area contributed by atoms with Crippen LogP contribution in [0.25, 0.3) is 0 Å². The van der Waals surface area contributed by atoms with E-state index < -0.39 is 0 Å². The highest BCUT2D eigenvalue weighted by Gasteiger charge is 2.29. The van der Waals surface area contributed by atoms with E-state index in [1.54, 1.807) is 0 Å². The number of rotatable bonds is 0. The van der Waals surface area contributed by atoms with Gasteiger partial charge < -0.3 is 0 Å². The molecule has 0 bridgehead atoms. The lowest BCUT2D eigenvalue weighted by atomic mass is 9.73. The van der Waals surface area contributed by atoms with Crippen LogP contribution in [-0.2, 0) is 0 Å². The SMILES string of the molecule is CC(C)(C)C(=C(S)S)C(C)(C)C. The van der Waals surface area contributed by atoms with Gasteiger partial charge in [0.15, 0.2) is 0 Å². The lowest BCUT2D eigenvalue weighted by Crippen LogP contribution is -2.22. The second-order valence-corrected chi connectivity index (χ2v) is 6.45. The Morgan fingerprint density at radius 3 is 1.00 bits per heavy atom. The molecular formula is C10H20S2. The summed E-state index contributed by atoms with van der Waals surface area (Å²) in [5, 5.41) is 0. The molecule has 0 amide bonds. The van der Waals surface area contributed by atoms with Crippen LogP contribution in [0.3, 0.4) is 0 Å². The van der Waals surface area contributed by atoms with E-state index in [1.165, 1.54) is 5.57 Å². The maximum absolute atomic E-state index is 4.32. The second kappa shape index (κ2) is 3.67. The summed E-state index contributed by atoms with van der Waals surface area (Å²) in [5.74, 6) is 0. The van der Waals surface area contributed by atoms with Gasteiger partial charge in [-0.25, -0.2) is 0 Å². The Morgan fingerprint density at radius 2 is 1.00 bits per heavy atom. The normalized spacial score (nSPS) is 13.0. The quantitative estimate of drug-likeness (QED) is 0.544. The third-order valence-corrected chi connectivity index (χ3v) is 2.17. The molecular weight excluding hydrogens is 184 g/mol. The average Bonchev–Trinajstić information content (AvgIpc) is 1.49. The summed E-state index contributed by atoms with van der Waals surface area (Å²) >= 11 is 8.65. The van der Waals surface area contributed by atoms with Gasteiger partial charge in [0.25, 0.3) is 0 Å². The van der Waals surface area contributed by atoms with Crippen molar-refractivity contribution >= 4 is 25.3 Å². The largest absolute Gasteiger partial charge is 0.137 e. The minimum atomic E-state index is 0.150. The van der Waals surface area contributed by atoms with Crippen molar-refractivity contribution in [3.05, 3.63) is 9.81 Å². The fraction of sp³-hybridized carbons (Fsp3) is 0.800. The minimum Gasteiger partial charge on any atom is -0.137 e. The highest BCUT2D eigenvalue weighted by Crippen LogP contribution is 2.42. The molecule has 0 N–H and O–H groups in total. The first-order valence-corrected chi connectivity index (χ1v) is 5.09.